The predicted molar refractivity (Wildman–Crippen MR) is 46.5 cm³/mol. The van der Waals surface area contributed by atoms with Gasteiger partial charge in [0.2, 0.25) is 0 Å². The highest BCUT2D eigenvalue weighted by atomic mass is 16.3. The van der Waals surface area contributed by atoms with Gasteiger partial charge in [-0.25, -0.2) is 0 Å². The summed E-state index contributed by atoms with van der Waals surface area (Å²) in [6.07, 6.45) is 1.01. The van der Waals surface area contributed by atoms with Crippen molar-refractivity contribution in [3.63, 3.8) is 0 Å². The van der Waals surface area contributed by atoms with Gasteiger partial charge in [0.05, 0.1) is 13.2 Å². The Morgan fingerprint density at radius 1 is 1.73 bits per heavy atom. The molecule has 0 aliphatic rings. The summed E-state index contributed by atoms with van der Waals surface area (Å²) in [5.41, 5.74) is 5.46. The standard InChI is InChI=1S/C7H17N3O/c1-3-6(2)10-7(8)9-4-5-11/h6,11H,3-5H2,1-2H3,(H3,8,9,10). The Morgan fingerprint density at radius 2 is 2.36 bits per heavy atom. The number of aliphatic hydroxyl groups excluding tert-OH is 1. The average molecular weight is 159 g/mol. The van der Waals surface area contributed by atoms with E-state index < -0.39 is 0 Å². The lowest BCUT2D eigenvalue weighted by atomic mass is 10.3. The molecule has 0 aromatic rings. The molecule has 0 saturated heterocycles. The minimum absolute atomic E-state index is 0.0445. The molecular formula is C7H17N3O. The quantitative estimate of drug-likeness (QED) is 0.389. The van der Waals surface area contributed by atoms with E-state index >= 15 is 0 Å². The molecule has 0 aromatic carbocycles. The van der Waals surface area contributed by atoms with Crippen LogP contribution in [0.5, 0.6) is 0 Å². The summed E-state index contributed by atoms with van der Waals surface area (Å²) >= 11 is 0. The normalized spacial score (nSPS) is 14.6. The molecule has 1 unspecified atom stereocenters. The summed E-state index contributed by atoms with van der Waals surface area (Å²) in [5, 5.41) is 11.4. The van der Waals surface area contributed by atoms with Gasteiger partial charge in [-0.05, 0) is 13.3 Å². The first kappa shape index (κ1) is 10.2. The van der Waals surface area contributed by atoms with Crippen molar-refractivity contribution in [3.05, 3.63) is 0 Å². The summed E-state index contributed by atoms with van der Waals surface area (Å²) in [4.78, 5) is 3.86. The zero-order valence-electron chi connectivity index (χ0n) is 7.17. The molecule has 0 amide bonds. The Balaban J connectivity index is 3.57. The Morgan fingerprint density at radius 3 is 2.82 bits per heavy atom. The number of rotatable bonds is 4. The van der Waals surface area contributed by atoms with Crippen molar-refractivity contribution in [1.29, 1.82) is 0 Å². The van der Waals surface area contributed by atoms with Gasteiger partial charge in [0.1, 0.15) is 0 Å². The first-order chi connectivity index (χ1) is 5.20. The fraction of sp³-hybridized carbons (Fsp3) is 0.857. The molecule has 0 aliphatic heterocycles. The Bertz CT molecular complexity index is 125. The second-order valence-electron chi connectivity index (χ2n) is 2.44. The third-order valence-corrected chi connectivity index (χ3v) is 1.39. The summed E-state index contributed by atoms with van der Waals surface area (Å²) in [7, 11) is 0. The highest BCUT2D eigenvalue weighted by Gasteiger charge is 1.97. The van der Waals surface area contributed by atoms with Gasteiger partial charge in [-0.2, -0.15) is 0 Å². The van der Waals surface area contributed by atoms with Crippen molar-refractivity contribution in [3.8, 4) is 0 Å². The highest BCUT2D eigenvalue weighted by Crippen LogP contribution is 1.85. The fourth-order valence-corrected chi connectivity index (χ4v) is 0.571. The highest BCUT2D eigenvalue weighted by molar-refractivity contribution is 5.78. The van der Waals surface area contributed by atoms with E-state index in [1.165, 1.54) is 0 Å². The topological polar surface area (TPSA) is 70.6 Å². The van der Waals surface area contributed by atoms with Gasteiger partial charge in [0.15, 0.2) is 5.96 Å². The van der Waals surface area contributed by atoms with Crippen molar-refractivity contribution in [1.82, 2.24) is 5.32 Å². The fourth-order valence-electron chi connectivity index (χ4n) is 0.571. The van der Waals surface area contributed by atoms with Crippen LogP contribution in [0.15, 0.2) is 4.99 Å². The molecule has 0 aromatic heterocycles. The Labute approximate surface area is 67.5 Å². The first-order valence-electron chi connectivity index (χ1n) is 3.88. The second kappa shape index (κ2) is 5.97. The summed E-state index contributed by atoms with van der Waals surface area (Å²) in [6.45, 7) is 4.51. The van der Waals surface area contributed by atoms with E-state index in [-0.39, 0.29) is 6.61 Å². The summed E-state index contributed by atoms with van der Waals surface area (Å²) in [6, 6.07) is 0.345. The van der Waals surface area contributed by atoms with Gasteiger partial charge in [0.25, 0.3) is 0 Å². The molecular weight excluding hydrogens is 142 g/mol. The maximum absolute atomic E-state index is 8.42. The molecule has 0 rings (SSSR count). The number of aliphatic hydroxyl groups is 1. The van der Waals surface area contributed by atoms with E-state index in [0.717, 1.165) is 6.42 Å². The number of aliphatic imine (C=N–C) groups is 1. The molecule has 4 N–H and O–H groups in total. The monoisotopic (exact) mass is 159 g/mol. The molecule has 0 radical (unpaired) electrons. The predicted octanol–water partition coefficient (Wildman–Crippen LogP) is -0.318. The molecule has 0 bridgehead atoms. The average Bonchev–Trinajstić information content (AvgIpc) is 2.00. The van der Waals surface area contributed by atoms with Crippen LogP contribution in [0.25, 0.3) is 0 Å². The van der Waals surface area contributed by atoms with E-state index in [0.29, 0.717) is 18.5 Å². The van der Waals surface area contributed by atoms with Crippen LogP contribution in [0.1, 0.15) is 20.3 Å². The van der Waals surface area contributed by atoms with Crippen LogP contribution in [0.2, 0.25) is 0 Å². The molecule has 0 spiro atoms. The van der Waals surface area contributed by atoms with Crippen LogP contribution in [-0.2, 0) is 0 Å². The lowest BCUT2D eigenvalue weighted by molar-refractivity contribution is 0.306. The molecule has 0 fully saturated rings. The second-order valence-corrected chi connectivity index (χ2v) is 2.44. The Hall–Kier alpha value is -0.770. The minimum atomic E-state index is 0.0445. The number of hydrogen-bond donors (Lipinski definition) is 3. The molecule has 1 atom stereocenters. The van der Waals surface area contributed by atoms with Crippen LogP contribution < -0.4 is 11.1 Å². The van der Waals surface area contributed by atoms with Crippen LogP contribution in [0.4, 0.5) is 0 Å². The van der Waals surface area contributed by atoms with Crippen LogP contribution >= 0.6 is 0 Å². The van der Waals surface area contributed by atoms with Crippen LogP contribution in [0.3, 0.4) is 0 Å². The van der Waals surface area contributed by atoms with Gasteiger partial charge >= 0.3 is 0 Å². The molecule has 66 valence electrons. The maximum atomic E-state index is 8.42. The lowest BCUT2D eigenvalue weighted by Gasteiger charge is -2.11. The molecule has 0 aliphatic carbocycles. The van der Waals surface area contributed by atoms with Gasteiger partial charge in [-0.15, -0.1) is 0 Å². The maximum Gasteiger partial charge on any atom is 0.188 e. The Kier molecular flexibility index (Phi) is 5.56. The van der Waals surface area contributed by atoms with Crippen molar-refractivity contribution >= 4 is 5.96 Å². The van der Waals surface area contributed by atoms with Crippen LogP contribution in [-0.4, -0.2) is 30.3 Å². The summed E-state index contributed by atoms with van der Waals surface area (Å²) in [5.74, 6) is 0.411. The molecule has 0 heterocycles. The van der Waals surface area contributed by atoms with Crippen molar-refractivity contribution < 1.29 is 5.11 Å². The SMILES string of the molecule is CCC(C)NC(N)=NCCO. The summed E-state index contributed by atoms with van der Waals surface area (Å²) < 4.78 is 0. The zero-order valence-corrected chi connectivity index (χ0v) is 7.17. The number of hydrogen-bond acceptors (Lipinski definition) is 2. The molecule has 11 heavy (non-hydrogen) atoms. The van der Waals surface area contributed by atoms with Crippen LogP contribution in [0, 0.1) is 0 Å². The zero-order chi connectivity index (χ0) is 8.69. The van der Waals surface area contributed by atoms with E-state index in [4.69, 9.17) is 10.8 Å². The smallest absolute Gasteiger partial charge is 0.188 e. The largest absolute Gasteiger partial charge is 0.394 e. The number of nitrogens with zero attached hydrogens (tertiary/aromatic N) is 1. The number of guanidine groups is 1. The van der Waals surface area contributed by atoms with Gasteiger partial charge in [-0.1, -0.05) is 6.92 Å². The van der Waals surface area contributed by atoms with E-state index in [1.54, 1.807) is 0 Å². The van der Waals surface area contributed by atoms with Crippen molar-refractivity contribution in [2.24, 2.45) is 10.7 Å². The molecule has 4 nitrogen and oxygen atoms in total. The number of nitrogens with one attached hydrogen (secondary N) is 1. The van der Waals surface area contributed by atoms with Gasteiger partial charge in [0, 0.05) is 6.04 Å². The van der Waals surface area contributed by atoms with Crippen molar-refractivity contribution in [2.75, 3.05) is 13.2 Å². The number of nitrogens with two attached hydrogens (primary N) is 1. The van der Waals surface area contributed by atoms with Crippen molar-refractivity contribution in [2.45, 2.75) is 26.3 Å². The van der Waals surface area contributed by atoms with E-state index in [2.05, 4.69) is 17.2 Å². The minimum Gasteiger partial charge on any atom is -0.394 e. The van der Waals surface area contributed by atoms with Gasteiger partial charge < -0.3 is 16.2 Å². The van der Waals surface area contributed by atoms with E-state index in [9.17, 15) is 0 Å². The third kappa shape index (κ3) is 5.66. The molecule has 0 saturated carbocycles. The molecule has 4 heteroatoms. The van der Waals surface area contributed by atoms with Gasteiger partial charge in [-0.3, -0.25) is 4.99 Å². The van der Waals surface area contributed by atoms with E-state index in [1.807, 2.05) is 6.92 Å². The lowest BCUT2D eigenvalue weighted by Crippen LogP contribution is -2.38. The first-order valence-corrected chi connectivity index (χ1v) is 3.88. The third-order valence-electron chi connectivity index (χ3n) is 1.39.